The van der Waals surface area contributed by atoms with Crippen molar-refractivity contribution in [2.24, 2.45) is 16.7 Å². The Morgan fingerprint density at radius 1 is 1.07 bits per heavy atom. The first-order valence-corrected chi connectivity index (χ1v) is 9.43. The third-order valence-corrected chi connectivity index (χ3v) is 3.87. The SMILES string of the molecule is Cc1ccccc1.NN.O.O=C(Cl)c1ccccc1.[Na][C]1=NC=CN(Cl)C1. The van der Waals surface area contributed by atoms with Gasteiger partial charge in [-0.25, -0.2) is 0 Å². The van der Waals surface area contributed by atoms with E-state index >= 15 is 0 Å². The van der Waals surface area contributed by atoms with Gasteiger partial charge in [0.1, 0.15) is 0 Å². The summed E-state index contributed by atoms with van der Waals surface area (Å²) in [6.07, 6.45) is 3.47. The van der Waals surface area contributed by atoms with Crippen molar-refractivity contribution in [3.63, 3.8) is 0 Å². The van der Waals surface area contributed by atoms with Crippen LogP contribution in [0, 0.1) is 6.92 Å². The summed E-state index contributed by atoms with van der Waals surface area (Å²) in [6.45, 7) is 2.88. The Labute approximate surface area is 187 Å². The molecule has 0 saturated carbocycles. The topological polar surface area (TPSA) is 116 Å². The van der Waals surface area contributed by atoms with E-state index in [2.05, 4.69) is 35.7 Å². The third-order valence-electron chi connectivity index (χ3n) is 2.84. The predicted molar refractivity (Wildman–Crippen MR) is 115 cm³/mol. The second kappa shape index (κ2) is 18.2. The van der Waals surface area contributed by atoms with Gasteiger partial charge in [-0.3, -0.25) is 16.5 Å². The number of carbonyl (C=O) groups excluding carboxylic acids is 1. The number of nitrogens with zero attached hydrogens (tertiary/aromatic N) is 2. The molecule has 0 spiro atoms. The number of nitrogens with two attached hydrogens (primary N) is 2. The van der Waals surface area contributed by atoms with Gasteiger partial charge in [0.15, 0.2) is 0 Å². The number of carbonyl (C=O) groups is 1. The molecule has 3 rings (SSSR count). The molecule has 0 aromatic heterocycles. The Balaban J connectivity index is 0. The molecule has 0 radical (unpaired) electrons. The number of benzene rings is 2. The molecule has 2 aromatic rings. The fraction of sp³-hybridized carbons (Fsp3) is 0.111. The zero-order chi connectivity index (χ0) is 19.8. The fourth-order valence-electron chi connectivity index (χ4n) is 1.65. The van der Waals surface area contributed by atoms with E-state index in [4.69, 9.17) is 23.4 Å². The molecular weight excluding hydrogens is 398 g/mol. The maximum atomic E-state index is 10.4. The summed E-state index contributed by atoms with van der Waals surface area (Å²) in [7, 11) is 0. The van der Waals surface area contributed by atoms with Gasteiger partial charge in [0.05, 0.1) is 0 Å². The average molecular weight is 421 g/mol. The Bertz CT molecular complexity index is 686. The van der Waals surface area contributed by atoms with Crippen molar-refractivity contribution in [3.05, 3.63) is 84.2 Å². The first-order chi connectivity index (χ1) is 12.5. The van der Waals surface area contributed by atoms with Crippen molar-refractivity contribution in [3.8, 4) is 0 Å². The van der Waals surface area contributed by atoms with Crippen LogP contribution >= 0.6 is 23.4 Å². The summed E-state index contributed by atoms with van der Waals surface area (Å²) in [5.74, 6) is 8.00. The Morgan fingerprint density at radius 3 is 1.81 bits per heavy atom. The van der Waals surface area contributed by atoms with Gasteiger partial charge in [0.25, 0.3) is 5.24 Å². The Morgan fingerprint density at radius 2 is 1.56 bits per heavy atom. The molecule has 142 valence electrons. The van der Waals surface area contributed by atoms with Crippen LogP contribution in [-0.4, -0.2) is 52.6 Å². The van der Waals surface area contributed by atoms with E-state index in [0.29, 0.717) is 5.56 Å². The van der Waals surface area contributed by atoms with Crippen molar-refractivity contribution in [2.75, 3.05) is 6.54 Å². The molecule has 1 heterocycles. The predicted octanol–water partition coefficient (Wildman–Crippen LogP) is 2.55. The van der Waals surface area contributed by atoms with Gasteiger partial charge in [-0.2, -0.15) is 0 Å². The molecule has 0 aliphatic carbocycles. The minimum atomic E-state index is -0.407. The number of hydrazine groups is 1. The molecule has 6 nitrogen and oxygen atoms in total. The molecule has 0 unspecified atom stereocenters. The molecule has 6 N–H and O–H groups in total. The van der Waals surface area contributed by atoms with Crippen LogP contribution in [0.1, 0.15) is 15.9 Å². The summed E-state index contributed by atoms with van der Waals surface area (Å²) in [4.78, 5) is 14.5. The second-order valence-corrected chi connectivity index (χ2v) is 6.95. The number of hydrogen-bond acceptors (Lipinski definition) is 5. The second-order valence-electron chi connectivity index (χ2n) is 5.01. The zero-order valence-corrected chi connectivity index (χ0v) is 18.9. The van der Waals surface area contributed by atoms with Crippen LogP contribution in [0.5, 0.6) is 0 Å². The van der Waals surface area contributed by atoms with Crippen LogP contribution in [0.15, 0.2) is 78.1 Å². The van der Waals surface area contributed by atoms with Crippen LogP contribution in [0.4, 0.5) is 0 Å². The van der Waals surface area contributed by atoms with Gasteiger partial charge in [-0.05, 0) is 18.5 Å². The van der Waals surface area contributed by atoms with Crippen molar-refractivity contribution in [2.45, 2.75) is 6.92 Å². The molecule has 0 fully saturated rings. The summed E-state index contributed by atoms with van der Waals surface area (Å²) in [6, 6.07) is 19.0. The van der Waals surface area contributed by atoms with Gasteiger partial charge in [0.2, 0.25) is 0 Å². The van der Waals surface area contributed by atoms with Crippen LogP contribution in [-0.2, 0) is 0 Å². The first kappa shape index (κ1) is 28.0. The molecule has 2 aromatic carbocycles. The normalized spacial score (nSPS) is 11.1. The Hall–Kier alpha value is -1.22. The molecule has 0 atom stereocenters. The van der Waals surface area contributed by atoms with E-state index in [1.165, 1.54) is 8.52 Å². The molecule has 0 saturated heterocycles. The third kappa shape index (κ3) is 15.5. The molecule has 0 amide bonds. The van der Waals surface area contributed by atoms with Crippen LogP contribution < -0.4 is 11.7 Å². The molecular formula is C18H23Cl2N4NaO2. The van der Waals surface area contributed by atoms with Gasteiger partial charge in [0, 0.05) is 5.56 Å². The van der Waals surface area contributed by atoms with Crippen molar-refractivity contribution in [1.29, 1.82) is 0 Å². The van der Waals surface area contributed by atoms with E-state index in [1.807, 2.05) is 24.3 Å². The number of aliphatic imine (C=N–C) groups is 1. The van der Waals surface area contributed by atoms with Crippen LogP contribution in [0.3, 0.4) is 0 Å². The zero-order valence-electron chi connectivity index (χ0n) is 15.3. The Kier molecular flexibility index (Phi) is 18.8. The summed E-state index contributed by atoms with van der Waals surface area (Å²) < 4.78 is 2.79. The van der Waals surface area contributed by atoms with E-state index < -0.39 is 5.24 Å². The molecule has 27 heavy (non-hydrogen) atoms. The van der Waals surface area contributed by atoms with Crippen molar-refractivity contribution >= 4 is 59.5 Å². The molecule has 9 heteroatoms. The van der Waals surface area contributed by atoms with Gasteiger partial charge in [-0.15, -0.1) is 0 Å². The van der Waals surface area contributed by atoms with E-state index in [-0.39, 0.29) is 5.48 Å². The van der Waals surface area contributed by atoms with E-state index in [9.17, 15) is 4.79 Å². The molecule has 1 aliphatic heterocycles. The summed E-state index contributed by atoms with van der Waals surface area (Å²) >= 11 is 11.8. The number of aryl methyl sites for hydroxylation is 1. The summed E-state index contributed by atoms with van der Waals surface area (Å²) in [5.41, 5.74) is 1.86. The standard InChI is InChI=1S/C7H5ClO.C7H8.C4H4ClN2.H4N2.Na.H2O/c8-7(9)6-4-2-1-3-5-6;1-7-5-3-2-4-6-7;5-7-3-1-6-2-4-7;1-2;;/h1-5H;2-6H,1H3;1,3H,4H2;1-2H2;;1H2. The van der Waals surface area contributed by atoms with Crippen molar-refractivity contribution < 1.29 is 10.3 Å². The van der Waals surface area contributed by atoms with Gasteiger partial charge in [-0.1, -0.05) is 66.2 Å². The van der Waals surface area contributed by atoms with Gasteiger partial charge >= 0.3 is 71.0 Å². The average Bonchev–Trinajstić information content (AvgIpc) is 2.66. The minimum absolute atomic E-state index is 0. The number of hydrogen-bond donors (Lipinski definition) is 2. The fourth-order valence-corrected chi connectivity index (χ4v) is 2.69. The van der Waals surface area contributed by atoms with Crippen LogP contribution in [0.2, 0.25) is 0 Å². The quantitative estimate of drug-likeness (QED) is 0.242. The maximum absolute atomic E-state index is 10.4. The van der Waals surface area contributed by atoms with Crippen molar-refractivity contribution in [1.82, 2.24) is 4.42 Å². The first-order valence-electron chi connectivity index (χ1n) is 7.71. The number of rotatable bonds is 1. The molecule has 0 bridgehead atoms. The van der Waals surface area contributed by atoms with E-state index in [1.54, 1.807) is 41.1 Å². The summed E-state index contributed by atoms with van der Waals surface area (Å²) in [5, 5.41) is -0.407. The van der Waals surface area contributed by atoms with Gasteiger partial charge < -0.3 is 5.48 Å². The number of halogens is 2. The monoisotopic (exact) mass is 420 g/mol. The van der Waals surface area contributed by atoms with Crippen LogP contribution in [0.25, 0.3) is 0 Å². The van der Waals surface area contributed by atoms with E-state index in [0.717, 1.165) is 34.5 Å². The molecule has 1 aliphatic rings.